The van der Waals surface area contributed by atoms with E-state index in [1.807, 2.05) is 14.1 Å². The Bertz CT molecular complexity index is 644. The number of nitrogens with zero attached hydrogens (tertiary/aromatic N) is 3. The van der Waals surface area contributed by atoms with Crippen LogP contribution in [-0.4, -0.2) is 37.1 Å². The van der Waals surface area contributed by atoms with Gasteiger partial charge in [0.05, 0.1) is 30.8 Å². The van der Waals surface area contributed by atoms with Crippen molar-refractivity contribution >= 4 is 29.1 Å². The molecule has 2 rings (SSSR count). The summed E-state index contributed by atoms with van der Waals surface area (Å²) in [7, 11) is 5.17. The van der Waals surface area contributed by atoms with Gasteiger partial charge in [0.2, 0.25) is 5.95 Å². The maximum atomic E-state index is 12.2. The van der Waals surface area contributed by atoms with E-state index >= 15 is 0 Å². The number of amides is 1. The molecule has 1 heterocycles. The largest absolute Gasteiger partial charge is 0.496 e. The van der Waals surface area contributed by atoms with Crippen LogP contribution in [0.3, 0.4) is 0 Å². The zero-order valence-electron chi connectivity index (χ0n) is 11.9. The normalized spacial score (nSPS) is 10.1. The molecular weight excluding hydrogens is 292 g/mol. The van der Waals surface area contributed by atoms with E-state index in [0.717, 1.165) is 0 Å². The SMILES string of the molecule is COc1ccc(Cl)cc1C(=O)Nc1cnc(N(C)C)nc1. The first-order chi connectivity index (χ1) is 10.0. The van der Waals surface area contributed by atoms with E-state index in [9.17, 15) is 4.79 Å². The van der Waals surface area contributed by atoms with Gasteiger partial charge < -0.3 is 15.0 Å². The minimum absolute atomic E-state index is 0.337. The zero-order chi connectivity index (χ0) is 15.4. The molecule has 2 aromatic rings. The van der Waals surface area contributed by atoms with Crippen molar-refractivity contribution in [2.45, 2.75) is 0 Å². The molecule has 0 spiro atoms. The fourth-order valence-corrected chi connectivity index (χ4v) is 1.84. The molecule has 0 radical (unpaired) electrons. The number of nitrogens with one attached hydrogen (secondary N) is 1. The molecule has 1 amide bonds. The van der Waals surface area contributed by atoms with Crippen molar-refractivity contribution < 1.29 is 9.53 Å². The van der Waals surface area contributed by atoms with Gasteiger partial charge in [0.15, 0.2) is 0 Å². The Labute approximate surface area is 127 Å². The lowest BCUT2D eigenvalue weighted by molar-refractivity contribution is 0.102. The number of rotatable bonds is 4. The van der Waals surface area contributed by atoms with Gasteiger partial charge in [-0.05, 0) is 18.2 Å². The van der Waals surface area contributed by atoms with Gasteiger partial charge in [-0.15, -0.1) is 0 Å². The lowest BCUT2D eigenvalue weighted by Gasteiger charge is -2.11. The predicted molar refractivity (Wildman–Crippen MR) is 82.3 cm³/mol. The fraction of sp³-hybridized carbons (Fsp3) is 0.214. The van der Waals surface area contributed by atoms with Crippen molar-refractivity contribution in [1.29, 1.82) is 0 Å². The Balaban J connectivity index is 2.19. The summed E-state index contributed by atoms with van der Waals surface area (Å²) in [5, 5.41) is 3.16. The number of methoxy groups -OCH3 is 1. The molecule has 0 atom stereocenters. The van der Waals surface area contributed by atoms with Gasteiger partial charge in [0, 0.05) is 19.1 Å². The highest BCUT2D eigenvalue weighted by molar-refractivity contribution is 6.31. The van der Waals surface area contributed by atoms with Gasteiger partial charge in [0.1, 0.15) is 5.75 Å². The van der Waals surface area contributed by atoms with E-state index in [4.69, 9.17) is 16.3 Å². The van der Waals surface area contributed by atoms with E-state index in [2.05, 4.69) is 15.3 Å². The van der Waals surface area contributed by atoms with Crippen LogP contribution in [0.4, 0.5) is 11.6 Å². The van der Waals surface area contributed by atoms with E-state index in [1.165, 1.54) is 19.5 Å². The average molecular weight is 307 g/mol. The summed E-state index contributed by atoms with van der Waals surface area (Å²) in [6.45, 7) is 0. The molecule has 110 valence electrons. The highest BCUT2D eigenvalue weighted by Crippen LogP contribution is 2.23. The standard InChI is InChI=1S/C14H15ClN4O2/c1-19(2)14-16-7-10(8-17-14)18-13(20)11-6-9(15)4-5-12(11)21-3/h4-8H,1-3H3,(H,18,20). The Morgan fingerprint density at radius 3 is 2.52 bits per heavy atom. The van der Waals surface area contributed by atoms with Gasteiger partial charge in [-0.2, -0.15) is 0 Å². The van der Waals surface area contributed by atoms with Crippen molar-refractivity contribution in [2.24, 2.45) is 0 Å². The Morgan fingerprint density at radius 2 is 1.95 bits per heavy atom. The van der Waals surface area contributed by atoms with Crippen LogP contribution in [0, 0.1) is 0 Å². The number of hydrogen-bond donors (Lipinski definition) is 1. The minimum atomic E-state index is -0.337. The van der Waals surface area contributed by atoms with E-state index in [1.54, 1.807) is 23.1 Å². The van der Waals surface area contributed by atoms with Crippen LogP contribution in [0.5, 0.6) is 5.75 Å². The number of benzene rings is 1. The second kappa shape index (κ2) is 6.41. The molecule has 1 aromatic carbocycles. The van der Waals surface area contributed by atoms with Gasteiger partial charge >= 0.3 is 0 Å². The molecule has 0 saturated carbocycles. The molecule has 21 heavy (non-hydrogen) atoms. The van der Waals surface area contributed by atoms with Crippen molar-refractivity contribution in [1.82, 2.24) is 9.97 Å². The van der Waals surface area contributed by atoms with Crippen molar-refractivity contribution in [3.8, 4) is 5.75 Å². The van der Waals surface area contributed by atoms with Crippen LogP contribution in [0.15, 0.2) is 30.6 Å². The highest BCUT2D eigenvalue weighted by atomic mass is 35.5. The summed E-state index contributed by atoms with van der Waals surface area (Å²) in [6, 6.07) is 4.85. The molecule has 0 aliphatic rings. The second-order valence-corrected chi connectivity index (χ2v) is 4.90. The van der Waals surface area contributed by atoms with Gasteiger partial charge in [-0.3, -0.25) is 4.79 Å². The number of carbonyl (C=O) groups is 1. The minimum Gasteiger partial charge on any atom is -0.496 e. The number of hydrogen-bond acceptors (Lipinski definition) is 5. The number of carbonyl (C=O) groups excluding carboxylic acids is 1. The fourth-order valence-electron chi connectivity index (χ4n) is 1.67. The molecule has 0 aliphatic heterocycles. The predicted octanol–water partition coefficient (Wildman–Crippen LogP) is 2.46. The first-order valence-corrected chi connectivity index (χ1v) is 6.53. The molecule has 0 bridgehead atoms. The van der Waals surface area contributed by atoms with E-state index < -0.39 is 0 Å². The third kappa shape index (κ3) is 3.61. The highest BCUT2D eigenvalue weighted by Gasteiger charge is 2.13. The first kappa shape index (κ1) is 15.1. The topological polar surface area (TPSA) is 67.3 Å². The summed E-state index contributed by atoms with van der Waals surface area (Å²) < 4.78 is 5.15. The summed E-state index contributed by atoms with van der Waals surface area (Å²) in [5.74, 6) is 0.673. The summed E-state index contributed by atoms with van der Waals surface area (Å²) in [4.78, 5) is 22.3. The molecule has 0 saturated heterocycles. The first-order valence-electron chi connectivity index (χ1n) is 6.15. The molecule has 7 heteroatoms. The summed E-state index contributed by atoms with van der Waals surface area (Å²) in [5.41, 5.74) is 0.842. The Hall–Kier alpha value is -2.34. The van der Waals surface area contributed by atoms with Crippen LogP contribution < -0.4 is 15.0 Å². The second-order valence-electron chi connectivity index (χ2n) is 4.46. The lowest BCUT2D eigenvalue weighted by Crippen LogP contribution is -2.15. The van der Waals surface area contributed by atoms with Gasteiger partial charge in [-0.1, -0.05) is 11.6 Å². The van der Waals surface area contributed by atoms with Gasteiger partial charge in [0.25, 0.3) is 5.91 Å². The molecule has 0 unspecified atom stereocenters. The third-order valence-corrected chi connectivity index (χ3v) is 2.94. The van der Waals surface area contributed by atoms with Crippen LogP contribution in [0.1, 0.15) is 10.4 Å². The Morgan fingerprint density at radius 1 is 1.29 bits per heavy atom. The molecule has 0 aliphatic carbocycles. The number of anilines is 2. The molecular formula is C14H15ClN4O2. The lowest BCUT2D eigenvalue weighted by atomic mass is 10.2. The maximum Gasteiger partial charge on any atom is 0.259 e. The zero-order valence-corrected chi connectivity index (χ0v) is 12.7. The van der Waals surface area contributed by atoms with E-state index in [0.29, 0.717) is 28.0 Å². The molecule has 1 N–H and O–H groups in total. The van der Waals surface area contributed by atoms with E-state index in [-0.39, 0.29) is 5.91 Å². The van der Waals surface area contributed by atoms with Crippen molar-refractivity contribution in [3.63, 3.8) is 0 Å². The van der Waals surface area contributed by atoms with Crippen LogP contribution >= 0.6 is 11.6 Å². The molecule has 0 fully saturated rings. The van der Waals surface area contributed by atoms with Crippen molar-refractivity contribution in [3.05, 3.63) is 41.2 Å². The Kier molecular flexibility index (Phi) is 4.59. The summed E-state index contributed by atoms with van der Waals surface area (Å²) >= 11 is 5.91. The third-order valence-electron chi connectivity index (χ3n) is 2.70. The monoisotopic (exact) mass is 306 g/mol. The summed E-state index contributed by atoms with van der Waals surface area (Å²) in [6.07, 6.45) is 3.08. The van der Waals surface area contributed by atoms with Crippen LogP contribution in [-0.2, 0) is 0 Å². The smallest absolute Gasteiger partial charge is 0.259 e. The molecule has 1 aromatic heterocycles. The van der Waals surface area contributed by atoms with Crippen molar-refractivity contribution in [2.75, 3.05) is 31.4 Å². The number of aromatic nitrogens is 2. The maximum absolute atomic E-state index is 12.2. The van der Waals surface area contributed by atoms with Gasteiger partial charge in [-0.25, -0.2) is 9.97 Å². The van der Waals surface area contributed by atoms with Crippen LogP contribution in [0.25, 0.3) is 0 Å². The average Bonchev–Trinajstić information content (AvgIpc) is 2.47. The number of ether oxygens (including phenoxy) is 1. The number of halogens is 1. The quantitative estimate of drug-likeness (QED) is 0.940. The molecule has 6 nitrogen and oxygen atoms in total. The van der Waals surface area contributed by atoms with Crippen LogP contribution in [0.2, 0.25) is 5.02 Å².